The number of aliphatic carboxylic acids is 1. The monoisotopic (exact) mass is 271 g/mol. The summed E-state index contributed by atoms with van der Waals surface area (Å²) >= 11 is 0. The van der Waals surface area contributed by atoms with Gasteiger partial charge in [-0.25, -0.2) is 9.59 Å². The summed E-state index contributed by atoms with van der Waals surface area (Å²) in [5.41, 5.74) is -0.250. The average molecular weight is 271 g/mol. The van der Waals surface area contributed by atoms with Crippen molar-refractivity contribution < 1.29 is 24.3 Å². The van der Waals surface area contributed by atoms with Crippen LogP contribution in [-0.4, -0.2) is 42.0 Å². The highest BCUT2D eigenvalue weighted by Crippen LogP contribution is 2.03. The number of nitrogens with one attached hydrogen (secondary N) is 3. The lowest BCUT2D eigenvalue weighted by Crippen LogP contribution is -2.49. The van der Waals surface area contributed by atoms with E-state index in [0.29, 0.717) is 0 Å². The van der Waals surface area contributed by atoms with E-state index in [1.54, 1.807) is 0 Å². The summed E-state index contributed by atoms with van der Waals surface area (Å²) in [7, 11) is 1.41. The molecule has 0 aliphatic carbocycles. The first-order valence-corrected chi connectivity index (χ1v) is 5.44. The zero-order valence-corrected chi connectivity index (χ0v) is 11.2. The van der Waals surface area contributed by atoms with Crippen LogP contribution in [0.1, 0.15) is 20.8 Å². The minimum atomic E-state index is -1.24. The fraction of sp³-hybridized carbons (Fsp3) is 0.455. The molecule has 0 aliphatic heterocycles. The number of hydrogen-bond acceptors (Lipinski definition) is 4. The van der Waals surface area contributed by atoms with Gasteiger partial charge in [-0.05, 0) is 20.8 Å². The van der Waals surface area contributed by atoms with Crippen molar-refractivity contribution >= 4 is 23.8 Å². The molecule has 0 aliphatic rings. The molecule has 0 aromatic rings. The number of likely N-dealkylation sites (N-methyl/N-ethyl adjacent to an activating group) is 1. The van der Waals surface area contributed by atoms with Crippen LogP contribution in [0.3, 0.4) is 0 Å². The topological polar surface area (TPSA) is 125 Å². The Morgan fingerprint density at radius 3 is 2.00 bits per heavy atom. The van der Waals surface area contributed by atoms with Crippen LogP contribution in [0.4, 0.5) is 4.79 Å². The third kappa shape index (κ3) is 5.19. The molecule has 0 aromatic heterocycles. The van der Waals surface area contributed by atoms with E-state index in [2.05, 4.69) is 10.6 Å². The molecule has 0 rings (SSSR count). The van der Waals surface area contributed by atoms with E-state index in [1.807, 2.05) is 5.32 Å². The molecule has 0 heterocycles. The lowest BCUT2D eigenvalue weighted by molar-refractivity contribution is -0.133. The van der Waals surface area contributed by atoms with Gasteiger partial charge in [0, 0.05) is 18.2 Å². The van der Waals surface area contributed by atoms with Crippen molar-refractivity contribution in [2.24, 2.45) is 0 Å². The van der Waals surface area contributed by atoms with Gasteiger partial charge in [0.2, 0.25) is 5.91 Å². The highest BCUT2D eigenvalue weighted by Gasteiger charge is 2.18. The maximum absolute atomic E-state index is 11.5. The molecule has 0 fully saturated rings. The smallest absolute Gasteiger partial charge is 0.331 e. The Morgan fingerprint density at radius 1 is 1.05 bits per heavy atom. The Bertz CT molecular complexity index is 442. The van der Waals surface area contributed by atoms with Crippen LogP contribution in [0.5, 0.6) is 0 Å². The number of carboxylic acid groups (broad SMARTS) is 1. The summed E-state index contributed by atoms with van der Waals surface area (Å²) in [6.45, 7) is 3.98. The zero-order chi connectivity index (χ0) is 15.2. The number of amides is 4. The van der Waals surface area contributed by atoms with Crippen LogP contribution in [0.15, 0.2) is 11.1 Å². The summed E-state index contributed by atoms with van der Waals surface area (Å²) < 4.78 is 0. The van der Waals surface area contributed by atoms with Crippen LogP contribution in [0.25, 0.3) is 0 Å². The molecule has 8 nitrogen and oxygen atoms in total. The number of urea groups is 1. The fourth-order valence-electron chi connectivity index (χ4n) is 1.04. The van der Waals surface area contributed by atoms with Gasteiger partial charge in [-0.3, -0.25) is 14.9 Å². The van der Waals surface area contributed by atoms with E-state index < -0.39 is 29.9 Å². The maximum atomic E-state index is 11.5. The molecule has 1 unspecified atom stereocenters. The summed E-state index contributed by atoms with van der Waals surface area (Å²) in [5, 5.41) is 15.2. The highest BCUT2D eigenvalue weighted by atomic mass is 16.4. The number of imide groups is 1. The first-order valence-electron chi connectivity index (χ1n) is 5.44. The van der Waals surface area contributed by atoms with Gasteiger partial charge in [0.1, 0.15) is 6.04 Å². The molecule has 4 N–H and O–H groups in total. The van der Waals surface area contributed by atoms with Gasteiger partial charge in [0.15, 0.2) is 0 Å². The minimum absolute atomic E-state index is 0.0877. The van der Waals surface area contributed by atoms with E-state index >= 15 is 0 Å². The molecule has 0 aromatic carbocycles. The number of rotatable bonds is 4. The van der Waals surface area contributed by atoms with Gasteiger partial charge in [-0.15, -0.1) is 0 Å². The standard InChI is InChI=1S/C11H17N3O5/c1-5(6(2)10(17)18)8(15)14-11(19)13-7(3)9(16)12-4/h7H,1-4H3,(H,12,16)(H,17,18)(H2,13,14,15,19). The van der Waals surface area contributed by atoms with Crippen molar-refractivity contribution in [2.75, 3.05) is 7.05 Å². The van der Waals surface area contributed by atoms with Crippen LogP contribution in [-0.2, 0) is 14.4 Å². The van der Waals surface area contributed by atoms with Gasteiger partial charge >= 0.3 is 12.0 Å². The van der Waals surface area contributed by atoms with Crippen molar-refractivity contribution in [1.29, 1.82) is 0 Å². The number of hydrogen-bond donors (Lipinski definition) is 4. The SMILES string of the molecule is CNC(=O)C(C)NC(=O)NC(=O)C(C)=C(C)C(=O)O. The molecule has 4 amide bonds. The molecular weight excluding hydrogens is 254 g/mol. The molecule has 8 heteroatoms. The van der Waals surface area contributed by atoms with Crippen LogP contribution >= 0.6 is 0 Å². The molecule has 1 atom stereocenters. The minimum Gasteiger partial charge on any atom is -0.478 e. The third-order valence-electron chi connectivity index (χ3n) is 2.44. The Labute approximate surface area is 110 Å². The maximum Gasteiger partial charge on any atom is 0.331 e. The molecule has 106 valence electrons. The Morgan fingerprint density at radius 2 is 1.58 bits per heavy atom. The van der Waals surface area contributed by atoms with E-state index in [0.717, 1.165) is 0 Å². The first kappa shape index (κ1) is 16.6. The van der Waals surface area contributed by atoms with Gasteiger partial charge < -0.3 is 15.7 Å². The first-order chi connectivity index (χ1) is 8.70. The number of carbonyl (C=O) groups is 4. The van der Waals surface area contributed by atoms with Crippen LogP contribution < -0.4 is 16.0 Å². The molecule has 19 heavy (non-hydrogen) atoms. The van der Waals surface area contributed by atoms with Gasteiger partial charge in [-0.1, -0.05) is 0 Å². The molecule has 0 saturated heterocycles. The fourth-order valence-corrected chi connectivity index (χ4v) is 1.04. The third-order valence-corrected chi connectivity index (χ3v) is 2.44. The molecule has 0 bridgehead atoms. The quantitative estimate of drug-likeness (QED) is 0.506. The summed E-state index contributed by atoms with van der Waals surface area (Å²) in [5.74, 6) is -2.50. The van der Waals surface area contributed by atoms with Crippen molar-refractivity contribution in [3.8, 4) is 0 Å². The Balaban J connectivity index is 4.59. The largest absolute Gasteiger partial charge is 0.478 e. The predicted molar refractivity (Wildman–Crippen MR) is 66.2 cm³/mol. The Kier molecular flexibility index (Phi) is 6.25. The summed E-state index contributed by atoms with van der Waals surface area (Å²) in [4.78, 5) is 44.7. The second-order valence-corrected chi connectivity index (χ2v) is 3.82. The van der Waals surface area contributed by atoms with Crippen molar-refractivity contribution in [1.82, 2.24) is 16.0 Å². The van der Waals surface area contributed by atoms with Crippen LogP contribution in [0.2, 0.25) is 0 Å². The van der Waals surface area contributed by atoms with E-state index in [9.17, 15) is 19.2 Å². The molecule has 0 saturated carbocycles. The number of carboxylic acids is 1. The normalized spacial score (nSPS) is 12.8. The van der Waals surface area contributed by atoms with Crippen molar-refractivity contribution in [2.45, 2.75) is 26.8 Å². The average Bonchev–Trinajstić information content (AvgIpc) is 2.35. The van der Waals surface area contributed by atoms with Crippen molar-refractivity contribution in [3.63, 3.8) is 0 Å². The summed E-state index contributed by atoms with van der Waals surface area (Å²) in [6, 6.07) is -1.69. The predicted octanol–water partition coefficient (Wildman–Crippen LogP) is -0.632. The molecular formula is C11H17N3O5. The number of carbonyl (C=O) groups excluding carboxylic acids is 3. The van der Waals surface area contributed by atoms with Gasteiger partial charge in [0.05, 0.1) is 0 Å². The second kappa shape index (κ2) is 7.14. The van der Waals surface area contributed by atoms with E-state index in [-0.39, 0.29) is 11.1 Å². The van der Waals surface area contributed by atoms with Gasteiger partial charge in [-0.2, -0.15) is 0 Å². The second-order valence-electron chi connectivity index (χ2n) is 3.82. The zero-order valence-electron chi connectivity index (χ0n) is 11.2. The Hall–Kier alpha value is -2.38. The van der Waals surface area contributed by atoms with E-state index in [4.69, 9.17) is 5.11 Å². The van der Waals surface area contributed by atoms with Crippen molar-refractivity contribution in [3.05, 3.63) is 11.1 Å². The van der Waals surface area contributed by atoms with E-state index in [1.165, 1.54) is 27.8 Å². The molecule has 0 radical (unpaired) electrons. The highest BCUT2D eigenvalue weighted by molar-refractivity contribution is 6.07. The van der Waals surface area contributed by atoms with Crippen LogP contribution in [0, 0.1) is 0 Å². The van der Waals surface area contributed by atoms with Gasteiger partial charge in [0.25, 0.3) is 5.91 Å². The lowest BCUT2D eigenvalue weighted by Gasteiger charge is -2.12. The lowest BCUT2D eigenvalue weighted by atomic mass is 10.1. The summed E-state index contributed by atoms with van der Waals surface area (Å²) in [6.07, 6.45) is 0. The molecule has 0 spiro atoms.